The Kier molecular flexibility index (Phi) is 10.3. The smallest absolute Gasteiger partial charge is 0.374 e. The van der Waals surface area contributed by atoms with E-state index in [0.29, 0.717) is 31.8 Å². The zero-order chi connectivity index (χ0) is 17.8. The lowest BCUT2D eigenvalue weighted by molar-refractivity contribution is 0.0706. The van der Waals surface area contributed by atoms with Crippen LogP contribution in [-0.2, 0) is 19.7 Å². The Bertz CT molecular complexity index is 455. The summed E-state index contributed by atoms with van der Waals surface area (Å²) >= 11 is 0. The van der Waals surface area contributed by atoms with Gasteiger partial charge in [0.25, 0.3) is 0 Å². The van der Waals surface area contributed by atoms with Gasteiger partial charge in [0.05, 0.1) is 0 Å². The summed E-state index contributed by atoms with van der Waals surface area (Å²) in [6.07, 6.45) is 4.50. The van der Waals surface area contributed by atoms with Crippen molar-refractivity contribution in [3.05, 3.63) is 35.4 Å². The van der Waals surface area contributed by atoms with Gasteiger partial charge >= 0.3 is 8.80 Å². The Hall–Kier alpha value is -0.823. The molecule has 6 heteroatoms. The van der Waals surface area contributed by atoms with Crippen LogP contribution < -0.4 is 0 Å². The molecule has 0 N–H and O–H groups in total. The summed E-state index contributed by atoms with van der Waals surface area (Å²) in [5, 5.41) is 0. The number of aryl methyl sites for hydroxylation is 1. The van der Waals surface area contributed by atoms with E-state index in [1.807, 2.05) is 20.8 Å². The molecular weight excluding hydrogens is 330 g/mol. The fourth-order valence-corrected chi connectivity index (χ4v) is 5.42. The Morgan fingerprint density at radius 1 is 0.833 bits per heavy atom. The third-order valence-electron chi connectivity index (χ3n) is 3.79. The van der Waals surface area contributed by atoms with Crippen LogP contribution in [-0.4, -0.2) is 28.6 Å². The number of benzene rings is 1. The third kappa shape index (κ3) is 7.38. The first-order valence-corrected chi connectivity index (χ1v) is 10.9. The van der Waals surface area contributed by atoms with Gasteiger partial charge in [0.1, 0.15) is 11.6 Å². The van der Waals surface area contributed by atoms with Crippen molar-refractivity contribution in [1.29, 1.82) is 0 Å². The lowest BCUT2D eigenvalue weighted by atomic mass is 10.1. The fourth-order valence-electron chi connectivity index (χ4n) is 2.74. The number of unbranched alkanes of at least 4 members (excludes halogenated alkanes) is 3. The molecule has 0 heterocycles. The molecule has 0 spiro atoms. The Morgan fingerprint density at radius 2 is 1.42 bits per heavy atom. The molecule has 0 aliphatic heterocycles. The highest BCUT2D eigenvalue weighted by atomic mass is 28.4. The average Bonchev–Trinajstić information content (AvgIpc) is 2.53. The van der Waals surface area contributed by atoms with Crippen molar-refractivity contribution in [3.63, 3.8) is 0 Å². The monoisotopic (exact) mass is 360 g/mol. The van der Waals surface area contributed by atoms with Crippen LogP contribution in [0.5, 0.6) is 0 Å². The predicted molar refractivity (Wildman–Crippen MR) is 94.0 cm³/mol. The first kappa shape index (κ1) is 21.2. The average molecular weight is 361 g/mol. The summed E-state index contributed by atoms with van der Waals surface area (Å²) in [7, 11) is -2.54. The zero-order valence-corrected chi connectivity index (χ0v) is 16.1. The Labute approximate surface area is 145 Å². The van der Waals surface area contributed by atoms with Gasteiger partial charge in [0.15, 0.2) is 0 Å². The van der Waals surface area contributed by atoms with Gasteiger partial charge in [0, 0.05) is 31.9 Å². The third-order valence-corrected chi connectivity index (χ3v) is 6.94. The molecule has 0 aliphatic carbocycles. The molecule has 0 fully saturated rings. The molecule has 1 aromatic rings. The van der Waals surface area contributed by atoms with E-state index in [9.17, 15) is 8.78 Å². The van der Waals surface area contributed by atoms with E-state index in [4.69, 9.17) is 13.3 Å². The first-order chi connectivity index (χ1) is 11.6. The second-order valence-electron chi connectivity index (χ2n) is 5.63. The molecule has 24 heavy (non-hydrogen) atoms. The highest BCUT2D eigenvalue weighted by molar-refractivity contribution is 6.60. The second-order valence-corrected chi connectivity index (χ2v) is 8.36. The van der Waals surface area contributed by atoms with Crippen LogP contribution in [0.4, 0.5) is 8.78 Å². The van der Waals surface area contributed by atoms with E-state index in [1.54, 1.807) is 0 Å². The van der Waals surface area contributed by atoms with Gasteiger partial charge in [-0.1, -0.05) is 18.9 Å². The molecule has 0 bridgehead atoms. The van der Waals surface area contributed by atoms with Gasteiger partial charge in [-0.3, -0.25) is 0 Å². The van der Waals surface area contributed by atoms with Gasteiger partial charge in [0.2, 0.25) is 0 Å². The molecule has 0 saturated heterocycles. The van der Waals surface area contributed by atoms with Crippen LogP contribution in [0.15, 0.2) is 18.2 Å². The first-order valence-electron chi connectivity index (χ1n) is 8.92. The fraction of sp³-hybridized carbons (Fsp3) is 0.667. The normalized spacial score (nSPS) is 11.9. The SMILES string of the molecule is CCO[Si](CCCCCCc1ccc(F)cc1F)(OCC)OCC. The van der Waals surface area contributed by atoms with E-state index in [2.05, 4.69) is 0 Å². The van der Waals surface area contributed by atoms with Crippen molar-refractivity contribution in [3.8, 4) is 0 Å². The molecule has 0 aromatic heterocycles. The molecule has 1 aromatic carbocycles. The second kappa shape index (κ2) is 11.7. The van der Waals surface area contributed by atoms with Crippen LogP contribution in [0.3, 0.4) is 0 Å². The van der Waals surface area contributed by atoms with Gasteiger partial charge < -0.3 is 13.3 Å². The minimum absolute atomic E-state index is 0.453. The summed E-state index contributed by atoms with van der Waals surface area (Å²) < 4.78 is 43.9. The molecule has 0 saturated carbocycles. The lowest BCUT2D eigenvalue weighted by Gasteiger charge is -2.28. The largest absolute Gasteiger partial charge is 0.500 e. The molecule has 138 valence electrons. The van der Waals surface area contributed by atoms with Crippen LogP contribution >= 0.6 is 0 Å². The van der Waals surface area contributed by atoms with E-state index in [1.165, 1.54) is 12.1 Å². The van der Waals surface area contributed by atoms with Crippen LogP contribution in [0.25, 0.3) is 0 Å². The van der Waals surface area contributed by atoms with Crippen molar-refractivity contribution in [2.24, 2.45) is 0 Å². The number of hydrogen-bond donors (Lipinski definition) is 0. The molecule has 0 amide bonds. The summed E-state index contributed by atoms with van der Waals surface area (Å²) in [6.45, 7) is 7.65. The van der Waals surface area contributed by atoms with Crippen molar-refractivity contribution in [2.45, 2.75) is 58.9 Å². The van der Waals surface area contributed by atoms with Crippen molar-refractivity contribution < 1.29 is 22.1 Å². The number of rotatable bonds is 13. The van der Waals surface area contributed by atoms with Crippen LogP contribution in [0.1, 0.15) is 52.0 Å². The minimum atomic E-state index is -2.54. The maximum atomic E-state index is 13.6. The van der Waals surface area contributed by atoms with E-state index >= 15 is 0 Å². The maximum Gasteiger partial charge on any atom is 0.500 e. The van der Waals surface area contributed by atoms with Gasteiger partial charge in [-0.2, -0.15) is 0 Å². The Morgan fingerprint density at radius 3 is 1.96 bits per heavy atom. The number of halogens is 2. The molecule has 0 radical (unpaired) electrons. The van der Waals surface area contributed by atoms with Gasteiger partial charge in [-0.15, -0.1) is 0 Å². The summed E-state index contributed by atoms with van der Waals surface area (Å²) in [5.74, 6) is -0.981. The molecule has 0 unspecified atom stereocenters. The summed E-state index contributed by atoms with van der Waals surface area (Å²) in [6, 6.07) is 4.60. The van der Waals surface area contributed by atoms with E-state index < -0.39 is 20.4 Å². The Balaban J connectivity index is 2.32. The summed E-state index contributed by atoms with van der Waals surface area (Å²) in [4.78, 5) is 0. The number of hydrogen-bond acceptors (Lipinski definition) is 3. The lowest BCUT2D eigenvalue weighted by Crippen LogP contribution is -2.45. The van der Waals surface area contributed by atoms with Crippen molar-refractivity contribution in [1.82, 2.24) is 0 Å². The molecule has 3 nitrogen and oxygen atoms in total. The quantitative estimate of drug-likeness (QED) is 0.361. The molecule has 1 rings (SSSR count). The van der Waals surface area contributed by atoms with E-state index in [0.717, 1.165) is 37.8 Å². The van der Waals surface area contributed by atoms with Crippen LogP contribution in [0, 0.1) is 11.6 Å². The van der Waals surface area contributed by atoms with Crippen molar-refractivity contribution >= 4 is 8.80 Å². The topological polar surface area (TPSA) is 27.7 Å². The molecule has 0 aliphatic rings. The minimum Gasteiger partial charge on any atom is -0.374 e. The standard InChI is InChI=1S/C18H30F2O3Si/c1-4-21-24(22-5-2,23-6-3)14-10-8-7-9-11-16-12-13-17(19)15-18(16)20/h12-13,15H,4-11,14H2,1-3H3. The van der Waals surface area contributed by atoms with Crippen molar-refractivity contribution in [2.75, 3.05) is 19.8 Å². The predicted octanol–water partition coefficient (Wildman–Crippen LogP) is 5.12. The van der Waals surface area contributed by atoms with E-state index in [-0.39, 0.29) is 0 Å². The molecule has 0 atom stereocenters. The zero-order valence-electron chi connectivity index (χ0n) is 15.1. The van der Waals surface area contributed by atoms with Gasteiger partial charge in [-0.25, -0.2) is 8.78 Å². The summed E-state index contributed by atoms with van der Waals surface area (Å²) in [5.41, 5.74) is 0.582. The molecular formula is C18H30F2O3Si. The van der Waals surface area contributed by atoms with Gasteiger partial charge in [-0.05, 0) is 51.7 Å². The highest BCUT2D eigenvalue weighted by Crippen LogP contribution is 2.21. The highest BCUT2D eigenvalue weighted by Gasteiger charge is 2.39. The maximum absolute atomic E-state index is 13.6. The van der Waals surface area contributed by atoms with Crippen LogP contribution in [0.2, 0.25) is 6.04 Å².